The Bertz CT molecular complexity index is 500. The van der Waals surface area contributed by atoms with Crippen LogP contribution in [-0.4, -0.2) is 30.4 Å². The van der Waals surface area contributed by atoms with Gasteiger partial charge in [-0.1, -0.05) is 0 Å². The number of sulfonamides is 1. The van der Waals surface area contributed by atoms with Crippen molar-refractivity contribution in [1.29, 1.82) is 0 Å². The second-order valence-electron chi connectivity index (χ2n) is 4.70. The number of nitrogens with one attached hydrogen (secondary N) is 1. The van der Waals surface area contributed by atoms with Gasteiger partial charge in [0.15, 0.2) is 5.03 Å². The fraction of sp³-hybridized carbons (Fsp3) is 0.700. The third kappa shape index (κ3) is 2.64. The van der Waals surface area contributed by atoms with E-state index in [1.54, 1.807) is 18.5 Å². The second kappa shape index (κ2) is 4.26. The first-order valence-corrected chi connectivity index (χ1v) is 7.46. The Balaban J connectivity index is 2.09. The summed E-state index contributed by atoms with van der Waals surface area (Å²) < 4.78 is 28.2. The average Bonchev–Trinajstić information content (AvgIpc) is 2.99. The van der Waals surface area contributed by atoms with Gasteiger partial charge in [-0.25, -0.2) is 18.1 Å². The maximum Gasteiger partial charge on any atom is 0.259 e. The molecule has 2 rings (SSSR count). The van der Waals surface area contributed by atoms with Gasteiger partial charge in [0, 0.05) is 25.7 Å². The van der Waals surface area contributed by atoms with Crippen LogP contribution < -0.4 is 4.72 Å². The topological polar surface area (TPSA) is 64.0 Å². The summed E-state index contributed by atoms with van der Waals surface area (Å²) in [5, 5.41) is 0.0721. The monoisotopic (exact) mass is 277 g/mol. The van der Waals surface area contributed by atoms with Crippen LogP contribution >= 0.6 is 11.6 Å². The number of rotatable bonds is 5. The molecule has 1 heterocycles. The van der Waals surface area contributed by atoms with E-state index in [9.17, 15) is 8.42 Å². The van der Waals surface area contributed by atoms with Gasteiger partial charge in [0.05, 0.1) is 0 Å². The molecule has 5 nitrogen and oxygen atoms in total. The molecule has 0 aliphatic heterocycles. The van der Waals surface area contributed by atoms with Crippen LogP contribution in [0.4, 0.5) is 0 Å². The largest absolute Gasteiger partial charge is 0.337 e. The third-order valence-corrected chi connectivity index (χ3v) is 5.08. The number of aromatic nitrogens is 2. The molecule has 0 aromatic carbocycles. The summed E-state index contributed by atoms with van der Waals surface area (Å²) in [7, 11) is -1.74. The molecule has 0 atom stereocenters. The number of alkyl halides is 1. The van der Waals surface area contributed by atoms with E-state index >= 15 is 0 Å². The Morgan fingerprint density at radius 3 is 2.65 bits per heavy atom. The van der Waals surface area contributed by atoms with Crippen LogP contribution in [0.25, 0.3) is 0 Å². The second-order valence-corrected chi connectivity index (χ2v) is 6.68. The molecule has 1 aliphatic carbocycles. The van der Waals surface area contributed by atoms with Crippen molar-refractivity contribution in [3.05, 3.63) is 12.0 Å². The zero-order valence-corrected chi connectivity index (χ0v) is 11.5. The molecule has 96 valence electrons. The van der Waals surface area contributed by atoms with E-state index in [-0.39, 0.29) is 10.4 Å². The lowest BCUT2D eigenvalue weighted by Gasteiger charge is -2.11. The van der Waals surface area contributed by atoms with E-state index in [0.29, 0.717) is 18.2 Å². The van der Waals surface area contributed by atoms with E-state index in [2.05, 4.69) is 9.71 Å². The number of nitrogens with zero attached hydrogens (tertiary/aromatic N) is 2. The highest BCUT2D eigenvalue weighted by atomic mass is 35.5. The van der Waals surface area contributed by atoms with Crippen LogP contribution in [0.3, 0.4) is 0 Å². The SMILES string of the molecule is Cc1nc(S(=O)(=O)NCC2(CCl)CC2)cn1C. The van der Waals surface area contributed by atoms with Crippen LogP contribution in [0.5, 0.6) is 0 Å². The van der Waals surface area contributed by atoms with Gasteiger partial charge in [-0.2, -0.15) is 0 Å². The molecule has 0 radical (unpaired) electrons. The van der Waals surface area contributed by atoms with Crippen LogP contribution in [0.15, 0.2) is 11.2 Å². The van der Waals surface area contributed by atoms with E-state index in [1.165, 1.54) is 6.20 Å². The number of hydrogen-bond donors (Lipinski definition) is 1. The van der Waals surface area contributed by atoms with Crippen LogP contribution in [-0.2, 0) is 17.1 Å². The zero-order chi connectivity index (χ0) is 12.7. The predicted molar refractivity (Wildman–Crippen MR) is 65.5 cm³/mol. The number of imidazole rings is 1. The van der Waals surface area contributed by atoms with E-state index in [4.69, 9.17) is 11.6 Å². The van der Waals surface area contributed by atoms with Crippen LogP contribution in [0.1, 0.15) is 18.7 Å². The van der Waals surface area contributed by atoms with Crippen molar-refractivity contribution in [3.8, 4) is 0 Å². The summed E-state index contributed by atoms with van der Waals surface area (Å²) >= 11 is 5.81. The van der Waals surface area contributed by atoms with Gasteiger partial charge in [-0.05, 0) is 25.2 Å². The van der Waals surface area contributed by atoms with Crippen molar-refractivity contribution in [2.75, 3.05) is 12.4 Å². The van der Waals surface area contributed by atoms with Crippen molar-refractivity contribution in [2.45, 2.75) is 24.8 Å². The molecule has 1 aliphatic rings. The molecule has 1 aromatic heterocycles. The number of hydrogen-bond acceptors (Lipinski definition) is 3. The van der Waals surface area contributed by atoms with E-state index < -0.39 is 10.0 Å². The lowest BCUT2D eigenvalue weighted by molar-refractivity contribution is 0.532. The number of halogens is 1. The molecule has 1 N–H and O–H groups in total. The van der Waals surface area contributed by atoms with Gasteiger partial charge >= 0.3 is 0 Å². The molecule has 1 fully saturated rings. The molecule has 0 spiro atoms. The smallest absolute Gasteiger partial charge is 0.259 e. The fourth-order valence-corrected chi connectivity index (χ4v) is 3.07. The van der Waals surface area contributed by atoms with Gasteiger partial charge in [0.2, 0.25) is 0 Å². The maximum atomic E-state index is 12.0. The minimum absolute atomic E-state index is 0.0293. The number of aryl methyl sites for hydroxylation is 2. The van der Waals surface area contributed by atoms with Gasteiger partial charge in [-0.15, -0.1) is 11.6 Å². The summed E-state index contributed by atoms with van der Waals surface area (Å²) in [5.74, 6) is 1.17. The Morgan fingerprint density at radius 2 is 2.24 bits per heavy atom. The van der Waals surface area contributed by atoms with Gasteiger partial charge in [0.1, 0.15) is 5.82 Å². The van der Waals surface area contributed by atoms with Crippen LogP contribution in [0.2, 0.25) is 0 Å². The summed E-state index contributed by atoms with van der Waals surface area (Å²) in [6.45, 7) is 2.16. The van der Waals surface area contributed by atoms with E-state index in [0.717, 1.165) is 12.8 Å². The van der Waals surface area contributed by atoms with Crippen molar-refractivity contribution in [3.63, 3.8) is 0 Å². The predicted octanol–water partition coefficient (Wildman–Crippen LogP) is 1.03. The summed E-state index contributed by atoms with van der Waals surface area (Å²) in [4.78, 5) is 4.01. The molecule has 1 aromatic rings. The maximum absolute atomic E-state index is 12.0. The Kier molecular flexibility index (Phi) is 3.22. The molecule has 0 saturated heterocycles. The first-order chi connectivity index (χ1) is 7.88. The molecule has 17 heavy (non-hydrogen) atoms. The van der Waals surface area contributed by atoms with Crippen molar-refractivity contribution < 1.29 is 8.42 Å². The highest BCUT2D eigenvalue weighted by Crippen LogP contribution is 2.46. The third-order valence-electron chi connectivity index (χ3n) is 3.24. The first-order valence-electron chi connectivity index (χ1n) is 5.44. The molecule has 0 amide bonds. The Hall–Kier alpha value is -0.590. The van der Waals surface area contributed by atoms with Crippen molar-refractivity contribution >= 4 is 21.6 Å². The standard InChI is InChI=1S/C10H16ClN3O2S/c1-8-13-9(5-14(8)2)17(15,16)12-7-10(6-11)3-4-10/h5,12H,3-4,6-7H2,1-2H3. The fourth-order valence-electron chi connectivity index (χ4n) is 1.51. The van der Waals surface area contributed by atoms with Gasteiger partial charge in [-0.3, -0.25) is 0 Å². The van der Waals surface area contributed by atoms with Crippen LogP contribution in [0, 0.1) is 12.3 Å². The molecule has 7 heteroatoms. The lowest BCUT2D eigenvalue weighted by atomic mass is 10.1. The average molecular weight is 278 g/mol. The quantitative estimate of drug-likeness (QED) is 0.818. The Labute approximate surface area is 106 Å². The molecular weight excluding hydrogens is 262 g/mol. The molecule has 0 unspecified atom stereocenters. The first kappa shape index (κ1) is 12.9. The molecule has 0 bridgehead atoms. The summed E-state index contributed by atoms with van der Waals surface area (Å²) in [5.41, 5.74) is -0.0293. The van der Waals surface area contributed by atoms with Crippen molar-refractivity contribution in [1.82, 2.24) is 14.3 Å². The molecular formula is C10H16ClN3O2S. The van der Waals surface area contributed by atoms with Crippen molar-refractivity contribution in [2.24, 2.45) is 12.5 Å². The van der Waals surface area contributed by atoms with E-state index in [1.807, 2.05) is 0 Å². The lowest BCUT2D eigenvalue weighted by Crippen LogP contribution is -2.31. The zero-order valence-electron chi connectivity index (χ0n) is 9.90. The van der Waals surface area contributed by atoms with Gasteiger partial charge in [0.25, 0.3) is 10.0 Å². The minimum atomic E-state index is -3.51. The minimum Gasteiger partial charge on any atom is -0.337 e. The summed E-state index contributed by atoms with van der Waals surface area (Å²) in [6, 6.07) is 0. The molecule has 1 saturated carbocycles. The summed E-state index contributed by atoms with van der Waals surface area (Å²) in [6.07, 6.45) is 3.48. The highest BCUT2D eigenvalue weighted by Gasteiger charge is 2.42. The normalized spacial score (nSPS) is 18.3. The van der Waals surface area contributed by atoms with Gasteiger partial charge < -0.3 is 4.57 Å². The Morgan fingerprint density at radius 1 is 1.59 bits per heavy atom. The highest BCUT2D eigenvalue weighted by molar-refractivity contribution is 7.89.